The predicted octanol–water partition coefficient (Wildman–Crippen LogP) is 0.344. The van der Waals surface area contributed by atoms with Gasteiger partial charge in [-0.25, -0.2) is 0 Å². The zero-order chi connectivity index (χ0) is 6.57. The number of carbonyl (C=O) groups is 1. The van der Waals surface area contributed by atoms with Gasteiger partial charge in [0.1, 0.15) is 5.78 Å². The minimum Gasteiger partial charge on any atom is -0.300 e. The average molecular weight is 134 g/mol. The maximum Gasteiger partial charge on any atom is 0.130 e. The van der Waals surface area contributed by atoms with Gasteiger partial charge >= 0.3 is 0 Å². The molecule has 0 aromatic rings. The second-order valence-electron chi connectivity index (χ2n) is 1.73. The van der Waals surface area contributed by atoms with Crippen molar-refractivity contribution in [3.8, 4) is 0 Å². The highest BCUT2D eigenvalue weighted by atomic mass is 32.2. The fourth-order valence-corrected chi connectivity index (χ4v) is 0.862. The molecule has 0 radical (unpaired) electrons. The third kappa shape index (κ3) is 5.82. The molecule has 0 fully saturated rings. The number of Topliss-reactive ketones (excluding diaryl/α,β-unsaturated/α-hetero) is 1. The first-order chi connectivity index (χ1) is 3.63. The Kier molecular flexibility index (Phi) is 3.69. The lowest BCUT2D eigenvalue weighted by Crippen LogP contribution is -1.99. The molecule has 0 aromatic carbocycles. The van der Waals surface area contributed by atoms with Crippen LogP contribution in [0.2, 0.25) is 0 Å². The number of hydrogen-bond donors (Lipinski definition) is 0. The van der Waals surface area contributed by atoms with Crippen molar-refractivity contribution in [2.24, 2.45) is 0 Å². The van der Waals surface area contributed by atoms with Crippen LogP contribution in [-0.4, -0.2) is 22.0 Å². The van der Waals surface area contributed by atoms with E-state index in [0.717, 1.165) is 0 Å². The molecule has 1 unspecified atom stereocenters. The van der Waals surface area contributed by atoms with Crippen molar-refractivity contribution in [3.63, 3.8) is 0 Å². The molecule has 0 rings (SSSR count). The summed E-state index contributed by atoms with van der Waals surface area (Å²) in [4.78, 5) is 10.2. The topological polar surface area (TPSA) is 34.1 Å². The van der Waals surface area contributed by atoms with Crippen LogP contribution in [0.15, 0.2) is 0 Å². The molecule has 0 spiro atoms. The molecular weight excluding hydrogens is 124 g/mol. The van der Waals surface area contributed by atoms with Crippen molar-refractivity contribution in [2.75, 3.05) is 12.0 Å². The molecule has 0 heterocycles. The van der Waals surface area contributed by atoms with Crippen LogP contribution >= 0.6 is 0 Å². The highest BCUT2D eigenvalue weighted by Gasteiger charge is 1.93. The second kappa shape index (κ2) is 3.78. The fourth-order valence-electron chi connectivity index (χ4n) is 0.287. The zero-order valence-corrected chi connectivity index (χ0v) is 5.96. The van der Waals surface area contributed by atoms with Crippen LogP contribution in [0.4, 0.5) is 0 Å². The summed E-state index contributed by atoms with van der Waals surface area (Å²) in [7, 11) is -0.807. The maximum absolute atomic E-state index is 10.3. The highest BCUT2D eigenvalue weighted by molar-refractivity contribution is 7.84. The molecule has 0 aromatic heterocycles. The summed E-state index contributed by atoms with van der Waals surface area (Å²) in [5.41, 5.74) is 0. The molecule has 2 nitrogen and oxygen atoms in total. The third-order valence-electron chi connectivity index (χ3n) is 0.742. The molecule has 0 saturated carbocycles. The van der Waals surface area contributed by atoms with E-state index in [2.05, 4.69) is 0 Å². The van der Waals surface area contributed by atoms with Crippen molar-refractivity contribution < 1.29 is 9.00 Å². The van der Waals surface area contributed by atoms with E-state index in [4.69, 9.17) is 0 Å². The minimum atomic E-state index is -0.807. The van der Waals surface area contributed by atoms with Crippen molar-refractivity contribution in [1.29, 1.82) is 0 Å². The summed E-state index contributed by atoms with van der Waals surface area (Å²) in [6, 6.07) is 0. The van der Waals surface area contributed by atoms with Gasteiger partial charge in [0.2, 0.25) is 0 Å². The van der Waals surface area contributed by atoms with Crippen molar-refractivity contribution in [3.05, 3.63) is 0 Å². The van der Waals surface area contributed by atoms with Crippen LogP contribution in [-0.2, 0) is 15.6 Å². The standard InChI is InChI=1S/C5H10O2S/c1-5(6)3-4-8(2)7/h3-4H2,1-2H3. The fraction of sp³-hybridized carbons (Fsp3) is 0.800. The lowest BCUT2D eigenvalue weighted by atomic mass is 10.4. The lowest BCUT2D eigenvalue weighted by molar-refractivity contribution is -0.116. The van der Waals surface area contributed by atoms with Gasteiger partial charge in [0.05, 0.1) is 0 Å². The molecule has 0 saturated heterocycles. The Balaban J connectivity index is 3.18. The van der Waals surface area contributed by atoms with Gasteiger partial charge in [0.15, 0.2) is 0 Å². The first-order valence-corrected chi connectivity index (χ1v) is 4.15. The smallest absolute Gasteiger partial charge is 0.130 e. The largest absolute Gasteiger partial charge is 0.300 e. The lowest BCUT2D eigenvalue weighted by Gasteiger charge is -1.88. The van der Waals surface area contributed by atoms with E-state index in [1.165, 1.54) is 6.92 Å². The van der Waals surface area contributed by atoms with E-state index in [-0.39, 0.29) is 5.78 Å². The number of ketones is 1. The Bertz CT molecular complexity index is 95.0. The van der Waals surface area contributed by atoms with Crippen LogP contribution in [0.5, 0.6) is 0 Å². The van der Waals surface area contributed by atoms with E-state index in [1.807, 2.05) is 0 Å². The Labute approximate surface area is 51.7 Å². The summed E-state index contributed by atoms with van der Waals surface area (Å²) in [6.45, 7) is 1.51. The van der Waals surface area contributed by atoms with Gasteiger partial charge in [-0.2, -0.15) is 0 Å². The van der Waals surface area contributed by atoms with Crippen LogP contribution < -0.4 is 0 Å². The summed E-state index contributed by atoms with van der Waals surface area (Å²) >= 11 is 0. The Hall–Kier alpha value is -0.180. The molecule has 8 heavy (non-hydrogen) atoms. The predicted molar refractivity (Wildman–Crippen MR) is 34.2 cm³/mol. The van der Waals surface area contributed by atoms with Gasteiger partial charge in [0, 0.05) is 29.2 Å². The van der Waals surface area contributed by atoms with Gasteiger partial charge < -0.3 is 0 Å². The molecule has 0 bridgehead atoms. The maximum atomic E-state index is 10.3. The monoisotopic (exact) mass is 134 g/mol. The van der Waals surface area contributed by atoms with Gasteiger partial charge in [-0.1, -0.05) is 0 Å². The first kappa shape index (κ1) is 7.82. The number of carbonyl (C=O) groups excluding carboxylic acids is 1. The molecule has 0 aliphatic rings. The van der Waals surface area contributed by atoms with Crippen LogP contribution in [0.25, 0.3) is 0 Å². The van der Waals surface area contributed by atoms with Gasteiger partial charge in [0.25, 0.3) is 0 Å². The van der Waals surface area contributed by atoms with Crippen LogP contribution in [0.1, 0.15) is 13.3 Å². The van der Waals surface area contributed by atoms with E-state index in [9.17, 15) is 9.00 Å². The van der Waals surface area contributed by atoms with E-state index in [0.29, 0.717) is 12.2 Å². The normalized spacial score (nSPS) is 13.2. The van der Waals surface area contributed by atoms with Crippen LogP contribution in [0, 0.1) is 0 Å². The quantitative estimate of drug-likeness (QED) is 0.558. The molecule has 48 valence electrons. The number of rotatable bonds is 3. The summed E-state index contributed by atoms with van der Waals surface area (Å²) < 4.78 is 10.3. The Morgan fingerprint density at radius 2 is 2.12 bits per heavy atom. The Morgan fingerprint density at radius 1 is 1.62 bits per heavy atom. The van der Waals surface area contributed by atoms with E-state index in [1.54, 1.807) is 6.26 Å². The van der Waals surface area contributed by atoms with Crippen molar-refractivity contribution in [2.45, 2.75) is 13.3 Å². The van der Waals surface area contributed by atoms with Gasteiger partial charge in [-0.15, -0.1) is 0 Å². The SMILES string of the molecule is CC(=O)CCS(C)=O. The minimum absolute atomic E-state index is 0.111. The third-order valence-corrected chi connectivity index (χ3v) is 1.52. The molecular formula is C5H10O2S. The van der Waals surface area contributed by atoms with Gasteiger partial charge in [-0.05, 0) is 6.92 Å². The highest BCUT2D eigenvalue weighted by Crippen LogP contribution is 1.83. The second-order valence-corrected chi connectivity index (χ2v) is 3.28. The summed E-state index contributed by atoms with van der Waals surface area (Å²) in [5.74, 6) is 0.621. The number of hydrogen-bond acceptors (Lipinski definition) is 2. The van der Waals surface area contributed by atoms with E-state index < -0.39 is 10.8 Å². The van der Waals surface area contributed by atoms with E-state index >= 15 is 0 Å². The van der Waals surface area contributed by atoms with Crippen LogP contribution in [0.3, 0.4) is 0 Å². The molecule has 0 N–H and O–H groups in total. The summed E-state index contributed by atoms with van der Waals surface area (Å²) in [6.07, 6.45) is 2.05. The molecule has 0 aliphatic heterocycles. The molecule has 0 aliphatic carbocycles. The van der Waals surface area contributed by atoms with Crippen molar-refractivity contribution >= 4 is 16.6 Å². The molecule has 0 amide bonds. The van der Waals surface area contributed by atoms with Gasteiger partial charge in [-0.3, -0.25) is 9.00 Å². The summed E-state index contributed by atoms with van der Waals surface area (Å²) in [5, 5.41) is 0. The zero-order valence-electron chi connectivity index (χ0n) is 5.14. The Morgan fingerprint density at radius 3 is 2.25 bits per heavy atom. The first-order valence-electron chi connectivity index (χ1n) is 2.42. The molecule has 3 heteroatoms. The molecule has 1 atom stereocenters. The average Bonchev–Trinajstić information content (AvgIpc) is 1.61. The van der Waals surface area contributed by atoms with Crippen molar-refractivity contribution in [1.82, 2.24) is 0 Å².